The van der Waals surface area contributed by atoms with Crippen LogP contribution in [0.4, 0.5) is 0 Å². The minimum atomic E-state index is -0.0530. The number of ether oxygens (including phenoxy) is 2. The van der Waals surface area contributed by atoms with Gasteiger partial charge in [0.05, 0.1) is 25.1 Å². The molecule has 1 saturated heterocycles. The summed E-state index contributed by atoms with van der Waals surface area (Å²) >= 11 is 0. The van der Waals surface area contributed by atoms with E-state index in [2.05, 4.69) is 22.1 Å². The van der Waals surface area contributed by atoms with Crippen LogP contribution < -0.4 is 24.8 Å². The lowest BCUT2D eigenvalue weighted by Gasteiger charge is -2.29. The van der Waals surface area contributed by atoms with Gasteiger partial charge in [-0.3, -0.25) is 4.79 Å². The Bertz CT molecular complexity index is 1040. The zero-order valence-corrected chi connectivity index (χ0v) is 17.0. The Hall–Kier alpha value is -2.90. The molecule has 3 N–H and O–H groups in total. The van der Waals surface area contributed by atoms with Gasteiger partial charge in [-0.2, -0.15) is 0 Å². The highest BCUT2D eigenvalue weighted by Crippen LogP contribution is 2.27. The first-order valence-corrected chi connectivity index (χ1v) is 10.0. The number of piperazine rings is 1. The van der Waals surface area contributed by atoms with Crippen LogP contribution in [0.25, 0.3) is 10.9 Å². The minimum absolute atomic E-state index is 0.0530. The molecule has 1 aliphatic heterocycles. The molecule has 4 rings (SSSR count). The largest absolute Gasteiger partial charge is 0.493 e. The quantitative estimate of drug-likeness (QED) is 0.522. The Morgan fingerprint density at radius 2 is 1.62 bits per heavy atom. The number of methoxy groups -OCH3 is 2. The number of benzene rings is 2. The van der Waals surface area contributed by atoms with Crippen molar-refractivity contribution in [2.45, 2.75) is 13.1 Å². The molecule has 0 aliphatic carbocycles. The van der Waals surface area contributed by atoms with Crippen LogP contribution in [-0.4, -0.2) is 50.4 Å². The number of aromatic nitrogens is 2. The first kappa shape index (κ1) is 19.4. The van der Waals surface area contributed by atoms with Crippen molar-refractivity contribution >= 4 is 10.9 Å². The lowest BCUT2D eigenvalue weighted by Crippen LogP contribution is -3.27. The molecular formula is C22H28N4O3+2. The van der Waals surface area contributed by atoms with Gasteiger partial charge in [0, 0.05) is 5.56 Å². The van der Waals surface area contributed by atoms with Crippen molar-refractivity contribution in [3.05, 3.63) is 64.2 Å². The summed E-state index contributed by atoms with van der Waals surface area (Å²) in [6.45, 7) is 6.00. The van der Waals surface area contributed by atoms with Crippen LogP contribution in [0.15, 0.2) is 47.3 Å². The second kappa shape index (κ2) is 8.63. The fourth-order valence-electron chi connectivity index (χ4n) is 4.05. The second-order valence-corrected chi connectivity index (χ2v) is 7.57. The van der Waals surface area contributed by atoms with Gasteiger partial charge < -0.3 is 24.3 Å². The summed E-state index contributed by atoms with van der Waals surface area (Å²) in [5.41, 5.74) is 1.97. The number of quaternary nitrogens is 2. The average molecular weight is 396 g/mol. The van der Waals surface area contributed by atoms with Crippen molar-refractivity contribution in [1.82, 2.24) is 9.97 Å². The molecule has 0 radical (unpaired) electrons. The summed E-state index contributed by atoms with van der Waals surface area (Å²) in [4.78, 5) is 22.9. The van der Waals surface area contributed by atoms with Crippen LogP contribution in [-0.2, 0) is 13.1 Å². The van der Waals surface area contributed by atoms with Gasteiger partial charge in [-0.25, -0.2) is 4.98 Å². The van der Waals surface area contributed by atoms with Crippen LogP contribution in [0, 0.1) is 0 Å². The van der Waals surface area contributed by atoms with Gasteiger partial charge in [-0.15, -0.1) is 0 Å². The number of nitrogens with zero attached hydrogens (tertiary/aromatic N) is 1. The first-order chi connectivity index (χ1) is 14.2. The van der Waals surface area contributed by atoms with E-state index in [1.54, 1.807) is 19.1 Å². The Balaban J connectivity index is 1.36. The third-order valence-electron chi connectivity index (χ3n) is 5.65. The first-order valence-electron chi connectivity index (χ1n) is 10.0. The molecule has 0 saturated carbocycles. The normalized spacial score (nSPS) is 19.2. The molecule has 0 spiro atoms. The third-order valence-corrected chi connectivity index (χ3v) is 5.65. The number of rotatable bonds is 6. The molecular weight excluding hydrogens is 368 g/mol. The second-order valence-electron chi connectivity index (χ2n) is 7.57. The fourth-order valence-corrected chi connectivity index (χ4v) is 4.05. The average Bonchev–Trinajstić information content (AvgIpc) is 2.75. The van der Waals surface area contributed by atoms with Crippen LogP contribution in [0.2, 0.25) is 0 Å². The molecule has 7 nitrogen and oxygen atoms in total. The molecule has 3 aromatic rings. The highest BCUT2D eigenvalue weighted by molar-refractivity contribution is 5.77. The van der Waals surface area contributed by atoms with Gasteiger partial charge in [-0.1, -0.05) is 12.1 Å². The van der Waals surface area contributed by atoms with Crippen LogP contribution >= 0.6 is 0 Å². The van der Waals surface area contributed by atoms with E-state index in [1.165, 1.54) is 10.5 Å². The molecule has 152 valence electrons. The zero-order valence-electron chi connectivity index (χ0n) is 17.0. The summed E-state index contributed by atoms with van der Waals surface area (Å²) in [6.07, 6.45) is 0. The van der Waals surface area contributed by atoms with E-state index in [1.807, 2.05) is 30.3 Å². The van der Waals surface area contributed by atoms with E-state index in [9.17, 15) is 4.79 Å². The lowest BCUT2D eigenvalue weighted by atomic mass is 10.1. The number of para-hydroxylation sites is 1. The summed E-state index contributed by atoms with van der Waals surface area (Å²) in [5.74, 6) is 2.31. The van der Waals surface area contributed by atoms with Crippen molar-refractivity contribution in [1.29, 1.82) is 0 Å². The smallest absolute Gasteiger partial charge is 0.258 e. The molecule has 2 aromatic carbocycles. The maximum Gasteiger partial charge on any atom is 0.258 e. The number of hydrogen-bond donors (Lipinski definition) is 3. The topological polar surface area (TPSA) is 73.1 Å². The SMILES string of the molecule is COc1ccc(C[NH+]2CC[NH+](Cc3nc4ccccc4c(=O)[nH]3)CC2)cc1OC. The van der Waals surface area contributed by atoms with Crippen LogP contribution in [0.3, 0.4) is 0 Å². The maximum atomic E-state index is 12.3. The standard InChI is InChI=1S/C22H26N4O3/c1-28-19-8-7-16(13-20(19)29-2)14-25-9-11-26(12-10-25)15-21-23-18-6-4-3-5-17(18)22(27)24-21/h3-8,13H,9-12,14-15H2,1-2H3,(H,23,24,27)/p+2. The number of aromatic amines is 1. The summed E-state index contributed by atoms with van der Waals surface area (Å²) in [5, 5.41) is 0.649. The molecule has 1 fully saturated rings. The number of H-pyrrole nitrogens is 1. The van der Waals surface area contributed by atoms with Gasteiger partial charge in [0.25, 0.3) is 5.56 Å². The van der Waals surface area contributed by atoms with E-state index in [-0.39, 0.29) is 5.56 Å². The summed E-state index contributed by atoms with van der Waals surface area (Å²) in [6, 6.07) is 13.6. The van der Waals surface area contributed by atoms with Crippen molar-refractivity contribution in [3.63, 3.8) is 0 Å². The fraction of sp³-hybridized carbons (Fsp3) is 0.364. The third kappa shape index (κ3) is 4.41. The predicted octanol–water partition coefficient (Wildman–Crippen LogP) is -0.576. The molecule has 0 unspecified atom stereocenters. The van der Waals surface area contributed by atoms with Crippen molar-refractivity contribution < 1.29 is 19.3 Å². The Labute approximate surface area is 169 Å². The summed E-state index contributed by atoms with van der Waals surface area (Å²) < 4.78 is 10.7. The number of fused-ring (bicyclic) bond motifs is 1. The van der Waals surface area contributed by atoms with E-state index >= 15 is 0 Å². The Morgan fingerprint density at radius 3 is 2.34 bits per heavy atom. The van der Waals surface area contributed by atoms with Gasteiger partial charge in [0.2, 0.25) is 0 Å². The number of nitrogens with one attached hydrogen (secondary N) is 3. The van der Waals surface area contributed by atoms with Gasteiger partial charge in [0.15, 0.2) is 17.3 Å². The highest BCUT2D eigenvalue weighted by Gasteiger charge is 2.24. The minimum Gasteiger partial charge on any atom is -0.493 e. The van der Waals surface area contributed by atoms with Crippen molar-refractivity contribution in [2.24, 2.45) is 0 Å². The van der Waals surface area contributed by atoms with E-state index in [0.29, 0.717) is 5.39 Å². The zero-order chi connectivity index (χ0) is 20.2. The van der Waals surface area contributed by atoms with E-state index < -0.39 is 0 Å². The predicted molar refractivity (Wildman–Crippen MR) is 111 cm³/mol. The highest BCUT2D eigenvalue weighted by atomic mass is 16.5. The molecule has 0 amide bonds. The van der Waals surface area contributed by atoms with Crippen molar-refractivity contribution in [2.75, 3.05) is 40.4 Å². The molecule has 2 heterocycles. The van der Waals surface area contributed by atoms with Crippen LogP contribution in [0.1, 0.15) is 11.4 Å². The van der Waals surface area contributed by atoms with Crippen molar-refractivity contribution in [3.8, 4) is 11.5 Å². The van der Waals surface area contributed by atoms with E-state index in [4.69, 9.17) is 9.47 Å². The molecule has 1 aliphatic rings. The van der Waals surface area contributed by atoms with Crippen LogP contribution in [0.5, 0.6) is 11.5 Å². The van der Waals surface area contributed by atoms with Gasteiger partial charge in [-0.05, 0) is 30.3 Å². The summed E-state index contributed by atoms with van der Waals surface area (Å²) in [7, 11) is 3.32. The molecule has 0 bridgehead atoms. The Morgan fingerprint density at radius 1 is 0.931 bits per heavy atom. The molecule has 0 atom stereocenters. The Kier molecular flexibility index (Phi) is 5.78. The number of hydrogen-bond acceptors (Lipinski definition) is 4. The van der Waals surface area contributed by atoms with Gasteiger partial charge >= 0.3 is 0 Å². The molecule has 29 heavy (non-hydrogen) atoms. The van der Waals surface area contributed by atoms with Gasteiger partial charge in [0.1, 0.15) is 39.3 Å². The van der Waals surface area contributed by atoms with E-state index in [0.717, 1.165) is 62.1 Å². The maximum absolute atomic E-state index is 12.3. The molecule has 7 heteroatoms. The lowest BCUT2D eigenvalue weighted by molar-refractivity contribution is -1.02. The monoisotopic (exact) mass is 396 g/mol. The molecule has 1 aromatic heterocycles.